The van der Waals surface area contributed by atoms with E-state index in [1.807, 2.05) is 23.0 Å². The van der Waals surface area contributed by atoms with E-state index in [1.165, 1.54) is 0 Å². The summed E-state index contributed by atoms with van der Waals surface area (Å²) < 4.78 is 14.1. The van der Waals surface area contributed by atoms with Crippen LogP contribution in [-0.2, 0) is 9.31 Å². The number of nitrogens with zero attached hydrogens (tertiary/aromatic N) is 2. The minimum atomic E-state index is -0.321. The molecule has 122 valence electrons. The minimum absolute atomic E-state index is 0.315. The molecule has 0 amide bonds. The largest absolute Gasteiger partial charge is 0.494 e. The molecule has 0 unspecified atom stereocenters. The minimum Gasteiger partial charge on any atom is -0.399 e. The second kappa shape index (κ2) is 5.50. The maximum Gasteiger partial charge on any atom is 0.494 e. The van der Waals surface area contributed by atoms with Crippen LogP contribution in [0.1, 0.15) is 53.2 Å². The highest BCUT2D eigenvalue weighted by atomic mass is 16.7. The quantitative estimate of drug-likeness (QED) is 0.816. The van der Waals surface area contributed by atoms with Crippen LogP contribution in [0.15, 0.2) is 36.5 Å². The lowest BCUT2D eigenvalue weighted by molar-refractivity contribution is 0.00578. The molecule has 0 radical (unpaired) electrons. The van der Waals surface area contributed by atoms with Crippen LogP contribution < -0.4 is 5.46 Å². The zero-order valence-corrected chi connectivity index (χ0v) is 14.8. The van der Waals surface area contributed by atoms with Gasteiger partial charge in [0.25, 0.3) is 0 Å². The summed E-state index contributed by atoms with van der Waals surface area (Å²) in [5.74, 6) is 0.431. The lowest BCUT2D eigenvalue weighted by atomic mass is 9.79. The predicted octanol–water partition coefficient (Wildman–Crippen LogP) is 3.29. The Bertz CT molecular complexity index is 673. The monoisotopic (exact) mass is 312 g/mol. The second-order valence-corrected chi connectivity index (χ2v) is 7.52. The molecule has 2 heterocycles. The van der Waals surface area contributed by atoms with Crippen LogP contribution in [0.3, 0.4) is 0 Å². The van der Waals surface area contributed by atoms with Crippen molar-refractivity contribution in [3.63, 3.8) is 0 Å². The van der Waals surface area contributed by atoms with E-state index in [9.17, 15) is 0 Å². The number of benzene rings is 1. The molecular weight excluding hydrogens is 287 g/mol. The maximum absolute atomic E-state index is 6.09. The van der Waals surface area contributed by atoms with E-state index >= 15 is 0 Å². The van der Waals surface area contributed by atoms with Gasteiger partial charge < -0.3 is 9.31 Å². The Kier molecular flexibility index (Phi) is 3.89. The average molecular weight is 312 g/mol. The zero-order valence-electron chi connectivity index (χ0n) is 14.8. The highest BCUT2D eigenvalue weighted by Crippen LogP contribution is 2.36. The summed E-state index contributed by atoms with van der Waals surface area (Å²) in [5.41, 5.74) is 2.54. The lowest BCUT2D eigenvalue weighted by Crippen LogP contribution is -2.41. The van der Waals surface area contributed by atoms with Gasteiger partial charge in [-0.3, -0.25) is 0 Å². The molecule has 23 heavy (non-hydrogen) atoms. The molecular formula is C18H25BN2O2. The van der Waals surface area contributed by atoms with Gasteiger partial charge in [0, 0.05) is 6.20 Å². The van der Waals surface area contributed by atoms with Gasteiger partial charge in [0.05, 0.1) is 22.6 Å². The standard InChI is InChI=1S/C18H25BN2O2/c1-13(2)16-11-12-21(20-16)15-9-7-14(8-10-15)19-22-17(3,4)18(5,6)23-19/h7-13H,1-6H3. The zero-order chi connectivity index (χ0) is 16.8. The average Bonchev–Trinajstić information content (AvgIpc) is 3.03. The van der Waals surface area contributed by atoms with E-state index in [1.54, 1.807) is 0 Å². The molecule has 5 heteroatoms. The molecule has 1 saturated heterocycles. The molecule has 0 aliphatic carbocycles. The fraction of sp³-hybridized carbons (Fsp3) is 0.500. The summed E-state index contributed by atoms with van der Waals surface area (Å²) in [7, 11) is -0.321. The Morgan fingerprint density at radius 2 is 1.52 bits per heavy atom. The maximum atomic E-state index is 6.09. The van der Waals surface area contributed by atoms with Gasteiger partial charge in [-0.1, -0.05) is 26.0 Å². The van der Waals surface area contributed by atoms with Crippen molar-refractivity contribution in [3.8, 4) is 5.69 Å². The first-order valence-electron chi connectivity index (χ1n) is 8.21. The summed E-state index contributed by atoms with van der Waals surface area (Å²) in [4.78, 5) is 0. The van der Waals surface area contributed by atoms with E-state index in [0.29, 0.717) is 5.92 Å². The third kappa shape index (κ3) is 2.95. The van der Waals surface area contributed by atoms with Gasteiger partial charge in [-0.2, -0.15) is 5.10 Å². The Hall–Kier alpha value is -1.59. The molecule has 0 saturated carbocycles. The van der Waals surface area contributed by atoms with Crippen molar-refractivity contribution in [1.29, 1.82) is 0 Å². The van der Waals surface area contributed by atoms with Gasteiger partial charge in [-0.05, 0) is 57.3 Å². The normalized spacial score (nSPS) is 19.5. The first-order chi connectivity index (χ1) is 10.7. The molecule has 1 aliphatic heterocycles. The van der Waals surface area contributed by atoms with Gasteiger partial charge in [-0.25, -0.2) is 4.68 Å². The van der Waals surface area contributed by atoms with E-state index in [0.717, 1.165) is 16.8 Å². The Morgan fingerprint density at radius 1 is 0.957 bits per heavy atom. The van der Waals surface area contributed by atoms with Crippen molar-refractivity contribution in [3.05, 3.63) is 42.2 Å². The van der Waals surface area contributed by atoms with Crippen molar-refractivity contribution < 1.29 is 9.31 Å². The van der Waals surface area contributed by atoms with Crippen molar-refractivity contribution in [2.45, 2.75) is 58.7 Å². The fourth-order valence-corrected chi connectivity index (χ4v) is 2.55. The third-order valence-corrected chi connectivity index (χ3v) is 4.88. The van der Waals surface area contributed by atoms with E-state index in [2.05, 4.69) is 64.8 Å². The highest BCUT2D eigenvalue weighted by molar-refractivity contribution is 6.62. The Morgan fingerprint density at radius 3 is 2.00 bits per heavy atom. The molecule has 1 aromatic carbocycles. The van der Waals surface area contributed by atoms with Crippen molar-refractivity contribution in [2.75, 3.05) is 0 Å². The number of aromatic nitrogens is 2. The summed E-state index contributed by atoms with van der Waals surface area (Å²) in [6.45, 7) is 12.6. The number of rotatable bonds is 3. The van der Waals surface area contributed by atoms with Crippen LogP contribution in [-0.4, -0.2) is 28.1 Å². The molecule has 0 bridgehead atoms. The van der Waals surface area contributed by atoms with Crippen LogP contribution in [0.5, 0.6) is 0 Å². The first kappa shape index (κ1) is 16.3. The van der Waals surface area contributed by atoms with Gasteiger partial charge in [-0.15, -0.1) is 0 Å². The topological polar surface area (TPSA) is 36.3 Å². The highest BCUT2D eigenvalue weighted by Gasteiger charge is 2.51. The molecule has 0 atom stereocenters. The molecule has 2 aromatic rings. The molecule has 3 rings (SSSR count). The Labute approximate surface area is 138 Å². The van der Waals surface area contributed by atoms with Gasteiger partial charge in [0.2, 0.25) is 0 Å². The first-order valence-corrected chi connectivity index (χ1v) is 8.21. The van der Waals surface area contributed by atoms with E-state index in [-0.39, 0.29) is 18.3 Å². The van der Waals surface area contributed by atoms with Crippen molar-refractivity contribution >= 4 is 12.6 Å². The van der Waals surface area contributed by atoms with Gasteiger partial charge >= 0.3 is 7.12 Å². The smallest absolute Gasteiger partial charge is 0.399 e. The molecule has 0 spiro atoms. The number of hydrogen-bond donors (Lipinski definition) is 0. The van der Waals surface area contributed by atoms with Crippen molar-refractivity contribution in [1.82, 2.24) is 9.78 Å². The molecule has 0 N–H and O–H groups in total. The SMILES string of the molecule is CC(C)c1ccn(-c2ccc(B3OC(C)(C)C(C)(C)O3)cc2)n1. The second-order valence-electron chi connectivity index (χ2n) is 7.52. The molecule has 1 aliphatic rings. The summed E-state index contributed by atoms with van der Waals surface area (Å²) in [6.07, 6.45) is 2.00. The molecule has 1 fully saturated rings. The van der Waals surface area contributed by atoms with Crippen LogP contribution in [0.2, 0.25) is 0 Å². The van der Waals surface area contributed by atoms with Gasteiger partial charge in [0.1, 0.15) is 0 Å². The summed E-state index contributed by atoms with van der Waals surface area (Å²) in [5, 5.41) is 4.61. The Balaban J connectivity index is 1.80. The van der Waals surface area contributed by atoms with Crippen molar-refractivity contribution in [2.24, 2.45) is 0 Å². The predicted molar refractivity (Wildman–Crippen MR) is 93.4 cm³/mol. The van der Waals surface area contributed by atoms with Crippen LogP contribution in [0, 0.1) is 0 Å². The lowest BCUT2D eigenvalue weighted by Gasteiger charge is -2.32. The number of hydrogen-bond acceptors (Lipinski definition) is 3. The van der Waals surface area contributed by atoms with Crippen LogP contribution in [0.25, 0.3) is 5.69 Å². The molecule has 1 aromatic heterocycles. The molecule has 4 nitrogen and oxygen atoms in total. The third-order valence-electron chi connectivity index (χ3n) is 4.88. The van der Waals surface area contributed by atoms with Crippen LogP contribution in [0.4, 0.5) is 0 Å². The summed E-state index contributed by atoms with van der Waals surface area (Å²) >= 11 is 0. The van der Waals surface area contributed by atoms with Gasteiger partial charge in [0.15, 0.2) is 0 Å². The van der Waals surface area contributed by atoms with E-state index < -0.39 is 0 Å². The summed E-state index contributed by atoms with van der Waals surface area (Å²) in [6, 6.07) is 10.3. The fourth-order valence-electron chi connectivity index (χ4n) is 2.55. The van der Waals surface area contributed by atoms with E-state index in [4.69, 9.17) is 9.31 Å². The van der Waals surface area contributed by atoms with Crippen LogP contribution >= 0.6 is 0 Å².